The Balaban J connectivity index is 3.26. The van der Waals surface area contributed by atoms with E-state index in [-0.39, 0.29) is 13.2 Å². The van der Waals surface area contributed by atoms with Crippen molar-refractivity contribution in [3.05, 3.63) is 23.3 Å². The van der Waals surface area contributed by atoms with Crippen molar-refractivity contribution in [2.45, 2.75) is 0 Å². The summed E-state index contributed by atoms with van der Waals surface area (Å²) in [5.74, 6) is -10.1. The summed E-state index contributed by atoms with van der Waals surface area (Å²) in [6, 6.07) is 0. The highest BCUT2D eigenvalue weighted by Crippen LogP contribution is 2.34. The molecule has 0 heterocycles. The van der Waals surface area contributed by atoms with E-state index in [4.69, 9.17) is 5.73 Å². The van der Waals surface area contributed by atoms with Crippen molar-refractivity contribution in [2.75, 3.05) is 20.0 Å². The standard InChI is InChI=1S/C9H8F5NO2/c10-3-17-9-6(13)4(11)8(16-2-1-15)5(12)7(9)14/h1-3,15H2. The fourth-order valence-corrected chi connectivity index (χ4v) is 1.06. The number of benzene rings is 1. The largest absolute Gasteiger partial charge is 0.486 e. The summed E-state index contributed by atoms with van der Waals surface area (Å²) in [7, 11) is 0. The Hall–Kier alpha value is -1.57. The van der Waals surface area contributed by atoms with Gasteiger partial charge in [0.05, 0.1) is 0 Å². The van der Waals surface area contributed by atoms with E-state index in [9.17, 15) is 22.0 Å². The van der Waals surface area contributed by atoms with Gasteiger partial charge in [0.1, 0.15) is 6.61 Å². The van der Waals surface area contributed by atoms with Crippen LogP contribution in [0.15, 0.2) is 0 Å². The minimum Gasteiger partial charge on any atom is -0.486 e. The molecule has 17 heavy (non-hydrogen) atoms. The molecular weight excluding hydrogens is 249 g/mol. The first-order valence-electron chi connectivity index (χ1n) is 4.42. The van der Waals surface area contributed by atoms with Crippen molar-refractivity contribution < 1.29 is 31.4 Å². The van der Waals surface area contributed by atoms with Gasteiger partial charge in [0, 0.05) is 6.54 Å². The van der Waals surface area contributed by atoms with E-state index >= 15 is 0 Å². The molecule has 96 valence electrons. The van der Waals surface area contributed by atoms with Gasteiger partial charge in [-0.15, -0.1) is 0 Å². The highest BCUT2D eigenvalue weighted by Gasteiger charge is 2.27. The summed E-state index contributed by atoms with van der Waals surface area (Å²) in [6.07, 6.45) is 0. The van der Waals surface area contributed by atoms with E-state index in [0.717, 1.165) is 0 Å². The van der Waals surface area contributed by atoms with Crippen LogP contribution in [0.4, 0.5) is 22.0 Å². The molecule has 0 aliphatic heterocycles. The Morgan fingerprint density at radius 2 is 1.24 bits per heavy atom. The topological polar surface area (TPSA) is 44.5 Å². The molecule has 1 rings (SSSR count). The predicted molar refractivity (Wildman–Crippen MR) is 47.4 cm³/mol. The van der Waals surface area contributed by atoms with E-state index < -0.39 is 41.6 Å². The maximum absolute atomic E-state index is 13.2. The molecule has 0 atom stereocenters. The van der Waals surface area contributed by atoms with Crippen LogP contribution in [0.5, 0.6) is 11.5 Å². The molecule has 0 saturated heterocycles. The van der Waals surface area contributed by atoms with Crippen molar-refractivity contribution in [2.24, 2.45) is 5.73 Å². The Bertz CT molecular complexity index is 384. The second-order valence-electron chi connectivity index (χ2n) is 2.80. The van der Waals surface area contributed by atoms with Gasteiger partial charge in [-0.05, 0) is 0 Å². The smallest absolute Gasteiger partial charge is 0.228 e. The summed E-state index contributed by atoms with van der Waals surface area (Å²) < 4.78 is 72.6. The van der Waals surface area contributed by atoms with E-state index in [1.54, 1.807) is 0 Å². The zero-order chi connectivity index (χ0) is 13.0. The Kier molecular flexibility index (Phi) is 4.50. The minimum atomic E-state index is -1.87. The second kappa shape index (κ2) is 5.67. The summed E-state index contributed by atoms with van der Waals surface area (Å²) in [6.45, 7) is -2.07. The average molecular weight is 257 g/mol. The summed E-state index contributed by atoms with van der Waals surface area (Å²) in [5, 5.41) is 0. The molecule has 0 amide bonds. The first-order chi connectivity index (χ1) is 8.04. The third-order valence-corrected chi connectivity index (χ3v) is 1.75. The maximum atomic E-state index is 13.2. The van der Waals surface area contributed by atoms with Gasteiger partial charge in [-0.1, -0.05) is 0 Å². The van der Waals surface area contributed by atoms with Gasteiger partial charge in [-0.25, -0.2) is 4.39 Å². The fraction of sp³-hybridized carbons (Fsp3) is 0.333. The minimum absolute atomic E-state index is 0.106. The molecule has 2 N–H and O–H groups in total. The van der Waals surface area contributed by atoms with Gasteiger partial charge in [-0.3, -0.25) is 0 Å². The highest BCUT2D eigenvalue weighted by atomic mass is 19.2. The van der Waals surface area contributed by atoms with Crippen LogP contribution in [0.25, 0.3) is 0 Å². The predicted octanol–water partition coefficient (Wildman–Crippen LogP) is 1.89. The van der Waals surface area contributed by atoms with Crippen LogP contribution >= 0.6 is 0 Å². The van der Waals surface area contributed by atoms with Crippen LogP contribution in [0.2, 0.25) is 0 Å². The first-order valence-corrected chi connectivity index (χ1v) is 4.42. The van der Waals surface area contributed by atoms with E-state index in [2.05, 4.69) is 9.47 Å². The zero-order valence-electron chi connectivity index (χ0n) is 8.40. The third kappa shape index (κ3) is 2.57. The van der Waals surface area contributed by atoms with Crippen LogP contribution in [-0.2, 0) is 0 Å². The van der Waals surface area contributed by atoms with Crippen molar-refractivity contribution in [3.8, 4) is 11.5 Å². The fourth-order valence-electron chi connectivity index (χ4n) is 1.06. The molecule has 0 aliphatic carbocycles. The Labute approximate surface area is 92.9 Å². The quantitative estimate of drug-likeness (QED) is 0.647. The molecule has 0 spiro atoms. The molecule has 0 radical (unpaired) electrons. The molecule has 1 aromatic rings. The second-order valence-corrected chi connectivity index (χ2v) is 2.80. The number of ether oxygens (including phenoxy) is 2. The zero-order valence-corrected chi connectivity index (χ0v) is 8.40. The molecule has 3 nitrogen and oxygen atoms in total. The normalized spacial score (nSPS) is 10.5. The highest BCUT2D eigenvalue weighted by molar-refractivity contribution is 5.38. The van der Waals surface area contributed by atoms with Crippen LogP contribution in [0.1, 0.15) is 0 Å². The van der Waals surface area contributed by atoms with Crippen LogP contribution < -0.4 is 15.2 Å². The lowest BCUT2D eigenvalue weighted by Gasteiger charge is -2.11. The molecular formula is C9H8F5NO2. The van der Waals surface area contributed by atoms with E-state index in [1.807, 2.05) is 0 Å². The Morgan fingerprint density at radius 1 is 0.824 bits per heavy atom. The molecule has 0 aromatic heterocycles. The monoisotopic (exact) mass is 257 g/mol. The summed E-state index contributed by atoms with van der Waals surface area (Å²) >= 11 is 0. The third-order valence-electron chi connectivity index (χ3n) is 1.75. The van der Waals surface area contributed by atoms with Crippen LogP contribution in [0.3, 0.4) is 0 Å². The molecule has 0 fully saturated rings. The van der Waals surface area contributed by atoms with Gasteiger partial charge in [0.15, 0.2) is 5.75 Å². The Morgan fingerprint density at radius 3 is 1.59 bits per heavy atom. The van der Waals surface area contributed by atoms with Gasteiger partial charge in [0.2, 0.25) is 35.9 Å². The first kappa shape index (κ1) is 13.5. The number of hydrogen-bond donors (Lipinski definition) is 1. The number of halogens is 5. The summed E-state index contributed by atoms with van der Waals surface area (Å²) in [4.78, 5) is 0. The van der Waals surface area contributed by atoms with Crippen LogP contribution in [0, 0.1) is 23.3 Å². The molecule has 1 aromatic carbocycles. The van der Waals surface area contributed by atoms with Crippen molar-refractivity contribution in [1.82, 2.24) is 0 Å². The van der Waals surface area contributed by atoms with Gasteiger partial charge < -0.3 is 15.2 Å². The van der Waals surface area contributed by atoms with Crippen molar-refractivity contribution in [3.63, 3.8) is 0 Å². The lowest BCUT2D eigenvalue weighted by Crippen LogP contribution is -2.14. The molecule has 0 aliphatic rings. The lowest BCUT2D eigenvalue weighted by atomic mass is 10.2. The number of nitrogens with two attached hydrogens (primary N) is 1. The summed E-state index contributed by atoms with van der Waals surface area (Å²) in [5.41, 5.74) is 5.00. The van der Waals surface area contributed by atoms with Gasteiger partial charge in [-0.2, -0.15) is 17.6 Å². The number of rotatable bonds is 5. The molecule has 8 heteroatoms. The maximum Gasteiger partial charge on any atom is 0.228 e. The lowest BCUT2D eigenvalue weighted by molar-refractivity contribution is 0.169. The number of alkyl halides is 1. The average Bonchev–Trinajstić information content (AvgIpc) is 2.32. The van der Waals surface area contributed by atoms with Crippen molar-refractivity contribution in [1.29, 1.82) is 0 Å². The van der Waals surface area contributed by atoms with E-state index in [1.165, 1.54) is 0 Å². The molecule has 0 bridgehead atoms. The van der Waals surface area contributed by atoms with E-state index in [0.29, 0.717) is 0 Å². The van der Waals surface area contributed by atoms with Gasteiger partial charge >= 0.3 is 0 Å². The molecule has 0 saturated carbocycles. The van der Waals surface area contributed by atoms with Crippen LogP contribution in [-0.4, -0.2) is 20.0 Å². The SMILES string of the molecule is NCCOc1c(F)c(F)c(OCF)c(F)c1F. The number of hydrogen-bond acceptors (Lipinski definition) is 3. The van der Waals surface area contributed by atoms with Crippen molar-refractivity contribution >= 4 is 0 Å². The van der Waals surface area contributed by atoms with Gasteiger partial charge in [0.25, 0.3) is 0 Å². The molecule has 0 unspecified atom stereocenters.